The minimum Gasteiger partial charge on any atom is -0.343 e. The van der Waals surface area contributed by atoms with Gasteiger partial charge in [0, 0.05) is 50.6 Å². The Kier molecular flexibility index (Phi) is 5.96. The molecule has 0 atom stereocenters. The fraction of sp³-hybridized carbons (Fsp3) is 0.500. The van der Waals surface area contributed by atoms with Crippen molar-refractivity contribution in [2.45, 2.75) is 32.6 Å². The van der Waals surface area contributed by atoms with Gasteiger partial charge in [0.2, 0.25) is 11.0 Å². The lowest BCUT2D eigenvalue weighted by Crippen LogP contribution is -2.48. The van der Waals surface area contributed by atoms with Gasteiger partial charge < -0.3 is 9.80 Å². The van der Waals surface area contributed by atoms with Crippen LogP contribution in [-0.4, -0.2) is 46.3 Å². The highest BCUT2D eigenvalue weighted by molar-refractivity contribution is 7.09. The molecule has 0 unspecified atom stereocenters. The van der Waals surface area contributed by atoms with Gasteiger partial charge in [-0.1, -0.05) is 25.5 Å². The predicted octanol–water partition coefficient (Wildman–Crippen LogP) is 3.11. The number of rotatable bonds is 6. The lowest BCUT2D eigenvalue weighted by atomic mass is 10.1. The van der Waals surface area contributed by atoms with Gasteiger partial charge in [0.05, 0.1) is 0 Å². The fourth-order valence-electron chi connectivity index (χ4n) is 2.86. The molecule has 1 saturated heterocycles. The molecule has 1 aromatic carbocycles. The predicted molar refractivity (Wildman–Crippen MR) is 97.4 cm³/mol. The number of aromatic nitrogens is 2. The second-order valence-electron chi connectivity index (χ2n) is 6.27. The first-order chi connectivity index (χ1) is 12.2. The summed E-state index contributed by atoms with van der Waals surface area (Å²) in [4.78, 5) is 20.8. The van der Waals surface area contributed by atoms with Crippen LogP contribution in [-0.2, 0) is 11.2 Å². The summed E-state index contributed by atoms with van der Waals surface area (Å²) >= 11 is 1.39. The summed E-state index contributed by atoms with van der Waals surface area (Å²) in [5.74, 6) is 0.783. The number of hydrogen-bond acceptors (Lipinski definition) is 5. The van der Waals surface area contributed by atoms with Crippen molar-refractivity contribution in [3.63, 3.8) is 0 Å². The molecule has 1 aliphatic rings. The van der Waals surface area contributed by atoms with Gasteiger partial charge in [-0.05, 0) is 24.1 Å². The fourth-order valence-corrected chi connectivity index (χ4v) is 3.60. The van der Waals surface area contributed by atoms with Crippen LogP contribution in [0.1, 0.15) is 37.6 Å². The summed E-state index contributed by atoms with van der Waals surface area (Å²) in [6.45, 7) is 5.18. The average molecular weight is 362 g/mol. The van der Waals surface area contributed by atoms with Gasteiger partial charge in [0.1, 0.15) is 11.6 Å². The van der Waals surface area contributed by atoms with E-state index >= 15 is 0 Å². The zero-order chi connectivity index (χ0) is 17.6. The summed E-state index contributed by atoms with van der Waals surface area (Å²) in [6.07, 6.45) is 3.26. The number of carbonyl (C=O) groups excluding carboxylic acids is 1. The summed E-state index contributed by atoms with van der Waals surface area (Å²) in [7, 11) is 0. The quantitative estimate of drug-likeness (QED) is 0.792. The Morgan fingerprint density at radius 1 is 1.20 bits per heavy atom. The zero-order valence-corrected chi connectivity index (χ0v) is 15.3. The van der Waals surface area contributed by atoms with Gasteiger partial charge in [-0.3, -0.25) is 4.79 Å². The lowest BCUT2D eigenvalue weighted by molar-refractivity contribution is -0.131. The molecule has 0 N–H and O–H groups in total. The van der Waals surface area contributed by atoms with Gasteiger partial charge in [-0.2, -0.15) is 4.37 Å². The Hall–Kier alpha value is -2.02. The molecule has 134 valence electrons. The van der Waals surface area contributed by atoms with Gasteiger partial charge >= 0.3 is 0 Å². The second kappa shape index (κ2) is 8.38. The van der Waals surface area contributed by atoms with Crippen LogP contribution in [0.25, 0.3) is 0 Å². The van der Waals surface area contributed by atoms with Crippen LogP contribution < -0.4 is 4.90 Å². The monoisotopic (exact) mass is 362 g/mol. The number of halogens is 1. The van der Waals surface area contributed by atoms with E-state index in [4.69, 9.17) is 0 Å². The lowest BCUT2D eigenvalue weighted by Gasteiger charge is -2.34. The van der Waals surface area contributed by atoms with Crippen LogP contribution in [0.2, 0.25) is 0 Å². The van der Waals surface area contributed by atoms with Gasteiger partial charge in [0.25, 0.3) is 0 Å². The average Bonchev–Trinajstić information content (AvgIpc) is 3.10. The summed E-state index contributed by atoms with van der Waals surface area (Å²) in [5, 5.41) is 0.901. The third-order valence-corrected chi connectivity index (χ3v) is 5.19. The standard InChI is InChI=1S/C18H23FN4OS/c1-2-3-4-17(24)22-9-11-23(12-10-22)18-20-16(21-25-18)13-14-5-7-15(19)8-6-14/h5-8H,2-4,9-13H2,1H3. The number of nitrogens with zero attached hydrogens (tertiary/aromatic N) is 4. The summed E-state index contributed by atoms with van der Waals surface area (Å²) < 4.78 is 17.4. The third kappa shape index (κ3) is 4.75. The Morgan fingerprint density at radius 3 is 2.60 bits per heavy atom. The van der Waals surface area contributed by atoms with Crippen molar-refractivity contribution in [2.75, 3.05) is 31.1 Å². The van der Waals surface area contributed by atoms with Crippen molar-refractivity contribution < 1.29 is 9.18 Å². The third-order valence-electron chi connectivity index (χ3n) is 4.38. The molecule has 0 saturated carbocycles. The minimum atomic E-state index is -0.234. The Morgan fingerprint density at radius 2 is 1.92 bits per heavy atom. The highest BCUT2D eigenvalue weighted by Gasteiger charge is 2.22. The van der Waals surface area contributed by atoms with Crippen LogP contribution in [0, 0.1) is 5.82 Å². The second-order valence-corrected chi connectivity index (χ2v) is 7.00. The molecule has 0 spiro atoms. The first-order valence-electron chi connectivity index (χ1n) is 8.75. The number of benzene rings is 1. The highest BCUT2D eigenvalue weighted by Crippen LogP contribution is 2.21. The van der Waals surface area contributed by atoms with E-state index in [1.165, 1.54) is 23.7 Å². The molecule has 0 aliphatic carbocycles. The maximum Gasteiger partial charge on any atom is 0.222 e. The molecule has 1 amide bonds. The number of carbonyl (C=O) groups is 1. The first kappa shape index (κ1) is 17.8. The van der Waals surface area contributed by atoms with Crippen LogP contribution in [0.4, 0.5) is 9.52 Å². The number of piperazine rings is 1. The molecule has 2 heterocycles. The van der Waals surface area contributed by atoms with Crippen molar-refractivity contribution in [2.24, 2.45) is 0 Å². The molecule has 7 heteroatoms. The van der Waals surface area contributed by atoms with Crippen LogP contribution >= 0.6 is 11.5 Å². The molecule has 1 aliphatic heterocycles. The molecular formula is C18H23FN4OS. The SMILES string of the molecule is CCCCC(=O)N1CCN(c2nc(Cc3ccc(F)cc3)ns2)CC1. The minimum absolute atomic E-state index is 0.234. The van der Waals surface area contributed by atoms with Crippen molar-refractivity contribution in [1.29, 1.82) is 0 Å². The van der Waals surface area contributed by atoms with Crippen molar-refractivity contribution in [3.05, 3.63) is 41.5 Å². The molecule has 25 heavy (non-hydrogen) atoms. The first-order valence-corrected chi connectivity index (χ1v) is 9.53. The molecule has 0 radical (unpaired) electrons. The van der Waals surface area contributed by atoms with Gasteiger partial charge in [0.15, 0.2) is 0 Å². The van der Waals surface area contributed by atoms with Crippen molar-refractivity contribution in [3.8, 4) is 0 Å². The Balaban J connectivity index is 1.53. The molecule has 0 bridgehead atoms. The van der Waals surface area contributed by atoms with E-state index in [1.54, 1.807) is 12.1 Å². The Bertz CT molecular complexity index is 695. The topological polar surface area (TPSA) is 49.3 Å². The Labute approximate surface area is 151 Å². The van der Waals surface area contributed by atoms with Crippen molar-refractivity contribution in [1.82, 2.24) is 14.3 Å². The summed E-state index contributed by atoms with van der Waals surface area (Å²) in [6, 6.07) is 6.43. The molecule has 3 rings (SSSR count). The number of hydrogen-bond donors (Lipinski definition) is 0. The van der Waals surface area contributed by atoms with Gasteiger partial charge in [-0.15, -0.1) is 0 Å². The van der Waals surface area contributed by atoms with Gasteiger partial charge in [-0.25, -0.2) is 9.37 Å². The van der Waals surface area contributed by atoms with E-state index in [-0.39, 0.29) is 11.7 Å². The molecular weight excluding hydrogens is 339 g/mol. The molecule has 2 aromatic rings. The van der Waals surface area contributed by atoms with Crippen LogP contribution in [0.3, 0.4) is 0 Å². The van der Waals surface area contributed by atoms with E-state index in [0.717, 1.165) is 55.5 Å². The van der Waals surface area contributed by atoms with E-state index in [2.05, 4.69) is 21.2 Å². The number of unbranched alkanes of at least 4 members (excludes halogenated alkanes) is 1. The van der Waals surface area contributed by atoms with Crippen LogP contribution in [0.5, 0.6) is 0 Å². The highest BCUT2D eigenvalue weighted by atomic mass is 32.1. The molecule has 1 fully saturated rings. The van der Waals surface area contributed by atoms with Crippen LogP contribution in [0.15, 0.2) is 24.3 Å². The van der Waals surface area contributed by atoms with E-state index < -0.39 is 0 Å². The molecule has 5 nitrogen and oxygen atoms in total. The van der Waals surface area contributed by atoms with E-state index in [9.17, 15) is 9.18 Å². The maximum absolute atomic E-state index is 13.0. The van der Waals surface area contributed by atoms with Crippen molar-refractivity contribution >= 4 is 22.6 Å². The van der Waals surface area contributed by atoms with E-state index in [0.29, 0.717) is 12.8 Å². The smallest absolute Gasteiger partial charge is 0.222 e. The largest absolute Gasteiger partial charge is 0.343 e. The summed E-state index contributed by atoms with van der Waals surface area (Å²) in [5.41, 5.74) is 0.997. The maximum atomic E-state index is 13.0. The normalized spacial score (nSPS) is 14.8. The van der Waals surface area contributed by atoms with E-state index in [1.807, 2.05) is 4.90 Å². The molecule has 1 aromatic heterocycles. The number of amides is 1. The zero-order valence-electron chi connectivity index (χ0n) is 14.4. The number of anilines is 1.